The van der Waals surface area contributed by atoms with Crippen molar-refractivity contribution in [1.29, 1.82) is 0 Å². The molecule has 0 saturated heterocycles. The van der Waals surface area contributed by atoms with Crippen molar-refractivity contribution in [3.63, 3.8) is 0 Å². The molecule has 0 heterocycles. The van der Waals surface area contributed by atoms with Crippen molar-refractivity contribution in [3.8, 4) is 5.75 Å². The van der Waals surface area contributed by atoms with Crippen molar-refractivity contribution in [2.45, 2.75) is 33.6 Å². The van der Waals surface area contributed by atoms with Crippen LogP contribution < -0.4 is 10.1 Å². The Labute approximate surface area is 154 Å². The van der Waals surface area contributed by atoms with Gasteiger partial charge in [-0.2, -0.15) is 0 Å². The lowest BCUT2D eigenvalue weighted by Crippen LogP contribution is -2.22. The summed E-state index contributed by atoms with van der Waals surface area (Å²) in [5.41, 5.74) is 3.87. The van der Waals surface area contributed by atoms with Crippen LogP contribution in [0.15, 0.2) is 42.5 Å². The SMILES string of the molecule is Cc1ccc(OCCCC(=O)OCC(=O)Nc2c(C)cccc2C)cc1. The topological polar surface area (TPSA) is 64.6 Å². The molecule has 1 N–H and O–H groups in total. The number of rotatable bonds is 8. The Morgan fingerprint density at radius 1 is 0.962 bits per heavy atom. The fraction of sp³-hybridized carbons (Fsp3) is 0.333. The van der Waals surface area contributed by atoms with E-state index >= 15 is 0 Å². The van der Waals surface area contributed by atoms with E-state index < -0.39 is 5.97 Å². The summed E-state index contributed by atoms with van der Waals surface area (Å²) in [6.45, 7) is 5.99. The van der Waals surface area contributed by atoms with Crippen LogP contribution in [0.1, 0.15) is 29.5 Å². The average molecular weight is 355 g/mol. The van der Waals surface area contributed by atoms with E-state index in [9.17, 15) is 9.59 Å². The summed E-state index contributed by atoms with van der Waals surface area (Å²) >= 11 is 0. The summed E-state index contributed by atoms with van der Waals surface area (Å²) in [5.74, 6) is 0.0257. The van der Waals surface area contributed by atoms with Crippen LogP contribution in [-0.4, -0.2) is 25.1 Å². The van der Waals surface area contributed by atoms with E-state index in [1.54, 1.807) is 0 Å². The highest BCUT2D eigenvalue weighted by molar-refractivity contribution is 5.94. The van der Waals surface area contributed by atoms with Crippen molar-refractivity contribution >= 4 is 17.6 Å². The Kier molecular flexibility index (Phi) is 7.21. The number of hydrogen-bond donors (Lipinski definition) is 1. The number of anilines is 1. The van der Waals surface area contributed by atoms with Crippen LogP contribution in [0.2, 0.25) is 0 Å². The third-order valence-corrected chi connectivity index (χ3v) is 3.92. The molecule has 0 atom stereocenters. The smallest absolute Gasteiger partial charge is 0.306 e. The molecule has 138 valence electrons. The van der Waals surface area contributed by atoms with Crippen molar-refractivity contribution in [2.75, 3.05) is 18.5 Å². The first-order valence-electron chi connectivity index (χ1n) is 8.67. The number of carbonyl (C=O) groups is 2. The third kappa shape index (κ3) is 6.24. The monoisotopic (exact) mass is 355 g/mol. The first-order valence-corrected chi connectivity index (χ1v) is 8.67. The maximum Gasteiger partial charge on any atom is 0.306 e. The Hall–Kier alpha value is -2.82. The molecule has 0 spiro atoms. The first-order chi connectivity index (χ1) is 12.5. The van der Waals surface area contributed by atoms with E-state index in [4.69, 9.17) is 9.47 Å². The number of carbonyl (C=O) groups excluding carboxylic acids is 2. The Bertz CT molecular complexity index is 733. The molecule has 0 fully saturated rings. The fourth-order valence-electron chi connectivity index (χ4n) is 2.45. The minimum absolute atomic E-state index is 0.211. The van der Waals surface area contributed by atoms with Crippen molar-refractivity contribution < 1.29 is 19.1 Å². The van der Waals surface area contributed by atoms with Gasteiger partial charge in [0.2, 0.25) is 0 Å². The normalized spacial score (nSPS) is 10.3. The van der Waals surface area contributed by atoms with Gasteiger partial charge in [0.15, 0.2) is 6.61 Å². The molecule has 0 aliphatic rings. The lowest BCUT2D eigenvalue weighted by atomic mass is 10.1. The molecule has 0 aliphatic carbocycles. The van der Waals surface area contributed by atoms with Gasteiger partial charge < -0.3 is 14.8 Å². The molecule has 5 heteroatoms. The van der Waals surface area contributed by atoms with Gasteiger partial charge in [-0.15, -0.1) is 0 Å². The predicted molar refractivity (Wildman–Crippen MR) is 101 cm³/mol. The first kappa shape index (κ1) is 19.5. The summed E-state index contributed by atoms with van der Waals surface area (Å²) in [6, 6.07) is 13.5. The number of para-hydroxylation sites is 1. The second kappa shape index (κ2) is 9.61. The maximum absolute atomic E-state index is 12.0. The average Bonchev–Trinajstić information content (AvgIpc) is 2.62. The van der Waals surface area contributed by atoms with Crippen LogP contribution in [0.3, 0.4) is 0 Å². The lowest BCUT2D eigenvalue weighted by Gasteiger charge is -2.11. The molecular weight excluding hydrogens is 330 g/mol. The molecule has 0 saturated carbocycles. The van der Waals surface area contributed by atoms with Crippen LogP contribution >= 0.6 is 0 Å². The highest BCUT2D eigenvalue weighted by atomic mass is 16.5. The highest BCUT2D eigenvalue weighted by Gasteiger charge is 2.10. The summed E-state index contributed by atoms with van der Waals surface area (Å²) in [6.07, 6.45) is 0.744. The van der Waals surface area contributed by atoms with Crippen molar-refractivity contribution in [2.24, 2.45) is 0 Å². The lowest BCUT2D eigenvalue weighted by molar-refractivity contribution is -0.147. The minimum Gasteiger partial charge on any atom is -0.494 e. The molecule has 0 radical (unpaired) electrons. The van der Waals surface area contributed by atoms with E-state index in [1.807, 2.05) is 63.2 Å². The molecular formula is C21H25NO4. The van der Waals surface area contributed by atoms with E-state index in [-0.39, 0.29) is 18.9 Å². The van der Waals surface area contributed by atoms with Gasteiger partial charge in [-0.1, -0.05) is 35.9 Å². The zero-order valence-corrected chi connectivity index (χ0v) is 15.5. The summed E-state index contributed by atoms with van der Waals surface area (Å²) < 4.78 is 10.6. The van der Waals surface area contributed by atoms with E-state index in [0.717, 1.165) is 22.6 Å². The predicted octanol–water partition coefficient (Wildman–Crippen LogP) is 3.95. The van der Waals surface area contributed by atoms with Gasteiger partial charge in [-0.3, -0.25) is 9.59 Å². The van der Waals surface area contributed by atoms with E-state index in [2.05, 4.69) is 5.32 Å². The van der Waals surface area contributed by atoms with Gasteiger partial charge in [-0.25, -0.2) is 0 Å². The molecule has 0 aliphatic heterocycles. The molecule has 5 nitrogen and oxygen atoms in total. The molecule has 2 rings (SSSR count). The summed E-state index contributed by atoms with van der Waals surface area (Å²) in [4.78, 5) is 23.7. The second-order valence-electron chi connectivity index (χ2n) is 6.24. The number of amides is 1. The van der Waals surface area contributed by atoms with Crippen molar-refractivity contribution in [3.05, 3.63) is 59.2 Å². The largest absolute Gasteiger partial charge is 0.494 e. The number of benzene rings is 2. The Morgan fingerprint density at radius 2 is 1.62 bits per heavy atom. The van der Waals surface area contributed by atoms with Gasteiger partial charge in [0.1, 0.15) is 5.75 Å². The van der Waals surface area contributed by atoms with Crippen LogP contribution in [-0.2, 0) is 14.3 Å². The van der Waals surface area contributed by atoms with Gasteiger partial charge in [0, 0.05) is 12.1 Å². The molecule has 2 aromatic carbocycles. The quantitative estimate of drug-likeness (QED) is 0.575. The van der Waals surface area contributed by atoms with E-state index in [0.29, 0.717) is 13.0 Å². The highest BCUT2D eigenvalue weighted by Crippen LogP contribution is 2.19. The molecule has 0 bridgehead atoms. The van der Waals surface area contributed by atoms with Crippen LogP contribution in [0.25, 0.3) is 0 Å². The fourth-order valence-corrected chi connectivity index (χ4v) is 2.45. The van der Waals surface area contributed by atoms with Gasteiger partial charge in [-0.05, 0) is 50.5 Å². The summed E-state index contributed by atoms with van der Waals surface area (Å²) in [7, 11) is 0. The van der Waals surface area contributed by atoms with Crippen molar-refractivity contribution in [1.82, 2.24) is 0 Å². The van der Waals surface area contributed by atoms with Gasteiger partial charge >= 0.3 is 5.97 Å². The standard InChI is InChI=1S/C21H25NO4/c1-15-9-11-18(12-10-15)25-13-5-8-20(24)26-14-19(23)22-21-16(2)6-4-7-17(21)3/h4,6-7,9-12H,5,8,13-14H2,1-3H3,(H,22,23). The van der Waals surface area contributed by atoms with Gasteiger partial charge in [0.25, 0.3) is 5.91 Å². The number of ether oxygens (including phenoxy) is 2. The zero-order valence-electron chi connectivity index (χ0n) is 15.5. The van der Waals surface area contributed by atoms with Crippen LogP contribution in [0.4, 0.5) is 5.69 Å². The zero-order chi connectivity index (χ0) is 18.9. The second-order valence-corrected chi connectivity index (χ2v) is 6.24. The molecule has 0 unspecified atom stereocenters. The maximum atomic E-state index is 12.0. The Balaban J connectivity index is 1.65. The van der Waals surface area contributed by atoms with E-state index in [1.165, 1.54) is 5.56 Å². The Morgan fingerprint density at radius 3 is 2.27 bits per heavy atom. The molecule has 26 heavy (non-hydrogen) atoms. The van der Waals surface area contributed by atoms with Gasteiger partial charge in [0.05, 0.1) is 6.61 Å². The molecule has 2 aromatic rings. The molecule has 1 amide bonds. The third-order valence-electron chi connectivity index (χ3n) is 3.92. The number of esters is 1. The summed E-state index contributed by atoms with van der Waals surface area (Å²) in [5, 5.41) is 2.79. The van der Waals surface area contributed by atoms with Crippen LogP contribution in [0.5, 0.6) is 5.75 Å². The van der Waals surface area contributed by atoms with Crippen LogP contribution in [0, 0.1) is 20.8 Å². The number of aryl methyl sites for hydroxylation is 3. The minimum atomic E-state index is -0.408. The molecule has 0 aromatic heterocycles. The number of hydrogen-bond acceptors (Lipinski definition) is 4. The number of nitrogens with one attached hydrogen (secondary N) is 1.